The maximum absolute atomic E-state index is 12.5. The molecule has 0 saturated heterocycles. The SMILES string of the molecule is CCNC(=O)CCC(NC(=O)CCC(NC(=O)CCC(NC(=O)CCC(NC(=O)CCCCCCCCCCCCCCCCC(=O)O)C(=O)O)C(=O)O)C(=O)O)C(=O)O. The standard InChI is InChI=1S/C40H67N5O15/c1-2-41-31(46)23-19-27(37(53)54)43-33(48)25-21-29(39(57)58)45-35(50)26-22-30(40(59)60)44-34(49)24-20-28(38(55)56)42-32(47)17-15-13-11-9-7-5-3-4-6-8-10-12-14-16-18-36(51)52/h27-30H,2-26H2,1H3,(H,41,46)(H,42,47)(H,43,48)(H,44,49)(H,45,50)(H,51,52)(H,53,54)(H,55,56)(H,57,58)(H,59,60). The van der Waals surface area contributed by atoms with Gasteiger partial charge >= 0.3 is 29.8 Å². The Morgan fingerprint density at radius 1 is 0.333 bits per heavy atom. The molecule has 0 bridgehead atoms. The van der Waals surface area contributed by atoms with Gasteiger partial charge in [-0.05, 0) is 45.4 Å². The molecule has 0 saturated carbocycles. The lowest BCUT2D eigenvalue weighted by atomic mass is 10.0. The van der Waals surface area contributed by atoms with E-state index in [-0.39, 0.29) is 32.1 Å². The van der Waals surface area contributed by atoms with E-state index in [4.69, 9.17) is 5.11 Å². The van der Waals surface area contributed by atoms with Crippen LogP contribution in [0.1, 0.15) is 161 Å². The van der Waals surface area contributed by atoms with Gasteiger partial charge in [0.2, 0.25) is 29.5 Å². The van der Waals surface area contributed by atoms with Crippen molar-refractivity contribution in [3.05, 3.63) is 0 Å². The number of aliphatic carboxylic acids is 5. The fraction of sp³-hybridized carbons (Fsp3) is 0.750. The molecular formula is C40H67N5O15. The van der Waals surface area contributed by atoms with E-state index in [0.29, 0.717) is 13.0 Å². The Labute approximate surface area is 350 Å². The quantitative estimate of drug-likeness (QED) is 0.0399. The molecule has 20 heteroatoms. The van der Waals surface area contributed by atoms with Crippen LogP contribution in [0.2, 0.25) is 0 Å². The third-order valence-corrected chi connectivity index (χ3v) is 9.59. The number of carboxylic acid groups (broad SMARTS) is 5. The zero-order valence-electron chi connectivity index (χ0n) is 34.8. The van der Waals surface area contributed by atoms with Crippen LogP contribution in [0, 0.1) is 0 Å². The highest BCUT2D eigenvalue weighted by molar-refractivity contribution is 5.88. The maximum atomic E-state index is 12.5. The monoisotopic (exact) mass is 857 g/mol. The predicted molar refractivity (Wildman–Crippen MR) is 215 cm³/mol. The average Bonchev–Trinajstić information content (AvgIpc) is 3.17. The Morgan fingerprint density at radius 3 is 0.817 bits per heavy atom. The number of unbranched alkanes of at least 4 members (excludes halogenated alkanes) is 13. The smallest absolute Gasteiger partial charge is 0.326 e. The van der Waals surface area contributed by atoms with Crippen molar-refractivity contribution >= 4 is 59.4 Å². The summed E-state index contributed by atoms with van der Waals surface area (Å²) in [4.78, 5) is 119. The summed E-state index contributed by atoms with van der Waals surface area (Å²) >= 11 is 0. The highest BCUT2D eigenvalue weighted by atomic mass is 16.4. The van der Waals surface area contributed by atoms with Crippen LogP contribution < -0.4 is 26.6 Å². The van der Waals surface area contributed by atoms with Gasteiger partial charge < -0.3 is 52.1 Å². The molecule has 0 aliphatic carbocycles. The van der Waals surface area contributed by atoms with Crippen molar-refractivity contribution in [2.24, 2.45) is 0 Å². The molecule has 0 spiro atoms. The number of carbonyl (C=O) groups is 10. The lowest BCUT2D eigenvalue weighted by molar-refractivity contribution is -0.144. The first-order valence-electron chi connectivity index (χ1n) is 21.0. The summed E-state index contributed by atoms with van der Waals surface area (Å²) in [5, 5.41) is 58.1. The minimum absolute atomic E-state index is 0.108. The fourth-order valence-corrected chi connectivity index (χ4v) is 6.17. The molecule has 0 fully saturated rings. The van der Waals surface area contributed by atoms with Gasteiger partial charge in [0.15, 0.2) is 0 Å². The van der Waals surface area contributed by atoms with Gasteiger partial charge in [-0.3, -0.25) is 28.8 Å². The Morgan fingerprint density at radius 2 is 0.567 bits per heavy atom. The molecule has 20 nitrogen and oxygen atoms in total. The first kappa shape index (κ1) is 54.7. The number of carboxylic acids is 5. The highest BCUT2D eigenvalue weighted by Gasteiger charge is 2.27. The molecule has 4 atom stereocenters. The summed E-state index contributed by atoms with van der Waals surface area (Å²) in [5.74, 6) is -10.1. The van der Waals surface area contributed by atoms with Crippen molar-refractivity contribution in [1.82, 2.24) is 26.6 Å². The molecule has 0 aromatic carbocycles. The zero-order chi connectivity index (χ0) is 45.3. The largest absolute Gasteiger partial charge is 0.481 e. The van der Waals surface area contributed by atoms with Crippen molar-refractivity contribution in [2.75, 3.05) is 6.54 Å². The minimum Gasteiger partial charge on any atom is -0.481 e. The molecular weight excluding hydrogens is 790 g/mol. The molecule has 5 amide bonds. The lowest BCUT2D eigenvalue weighted by Crippen LogP contribution is -2.45. The predicted octanol–water partition coefficient (Wildman–Crippen LogP) is 2.85. The summed E-state index contributed by atoms with van der Waals surface area (Å²) in [7, 11) is 0. The molecule has 60 heavy (non-hydrogen) atoms. The van der Waals surface area contributed by atoms with E-state index in [0.717, 1.165) is 64.2 Å². The van der Waals surface area contributed by atoms with E-state index >= 15 is 0 Å². The van der Waals surface area contributed by atoms with Gasteiger partial charge in [-0.25, -0.2) is 19.2 Å². The van der Waals surface area contributed by atoms with E-state index in [1.165, 1.54) is 19.3 Å². The Kier molecular flexibility index (Phi) is 30.6. The number of hydrogen-bond acceptors (Lipinski definition) is 10. The second-order valence-electron chi connectivity index (χ2n) is 14.8. The molecule has 0 heterocycles. The third-order valence-electron chi connectivity index (χ3n) is 9.59. The van der Waals surface area contributed by atoms with E-state index in [2.05, 4.69) is 26.6 Å². The van der Waals surface area contributed by atoms with E-state index < -0.39 is 116 Å². The Bertz CT molecular complexity index is 1390. The van der Waals surface area contributed by atoms with Crippen molar-refractivity contribution in [2.45, 2.75) is 185 Å². The van der Waals surface area contributed by atoms with Crippen LogP contribution in [-0.4, -0.2) is 116 Å². The number of carbonyl (C=O) groups excluding carboxylic acids is 5. The molecule has 0 aromatic heterocycles. The van der Waals surface area contributed by atoms with Crippen LogP contribution in [-0.2, 0) is 47.9 Å². The molecule has 0 aromatic rings. The molecule has 4 unspecified atom stereocenters. The third kappa shape index (κ3) is 29.8. The molecule has 0 aliphatic heterocycles. The first-order valence-corrected chi connectivity index (χ1v) is 21.0. The summed E-state index contributed by atoms with van der Waals surface area (Å²) < 4.78 is 0. The van der Waals surface area contributed by atoms with Crippen LogP contribution in [0.15, 0.2) is 0 Å². The Hall–Kier alpha value is -5.30. The lowest BCUT2D eigenvalue weighted by Gasteiger charge is -2.18. The number of nitrogens with one attached hydrogen (secondary N) is 5. The minimum atomic E-state index is -1.60. The van der Waals surface area contributed by atoms with Gasteiger partial charge in [0.05, 0.1) is 0 Å². The van der Waals surface area contributed by atoms with Gasteiger partial charge in [-0.2, -0.15) is 0 Å². The summed E-state index contributed by atoms with van der Waals surface area (Å²) in [5.41, 5.74) is 0. The van der Waals surface area contributed by atoms with Crippen molar-refractivity contribution < 1.29 is 73.5 Å². The second kappa shape index (κ2) is 33.5. The highest BCUT2D eigenvalue weighted by Crippen LogP contribution is 2.14. The van der Waals surface area contributed by atoms with Crippen molar-refractivity contribution in [3.63, 3.8) is 0 Å². The topological polar surface area (TPSA) is 332 Å². The van der Waals surface area contributed by atoms with Crippen LogP contribution in [0.5, 0.6) is 0 Å². The summed E-state index contributed by atoms with van der Waals surface area (Å²) in [6.45, 7) is 2.01. The number of amides is 5. The normalized spacial score (nSPS) is 12.8. The molecule has 0 rings (SSSR count). The molecule has 0 radical (unpaired) electrons. The van der Waals surface area contributed by atoms with Gasteiger partial charge in [-0.15, -0.1) is 0 Å². The van der Waals surface area contributed by atoms with Crippen LogP contribution >= 0.6 is 0 Å². The van der Waals surface area contributed by atoms with Gasteiger partial charge in [0, 0.05) is 45.1 Å². The van der Waals surface area contributed by atoms with Crippen LogP contribution in [0.3, 0.4) is 0 Å². The van der Waals surface area contributed by atoms with Gasteiger partial charge in [0.25, 0.3) is 0 Å². The Balaban J connectivity index is 4.51. The fourth-order valence-electron chi connectivity index (χ4n) is 6.17. The summed E-state index contributed by atoms with van der Waals surface area (Å²) in [6.07, 6.45) is 11.4. The maximum Gasteiger partial charge on any atom is 0.326 e. The van der Waals surface area contributed by atoms with E-state index in [1.54, 1.807) is 6.92 Å². The molecule has 342 valence electrons. The van der Waals surface area contributed by atoms with Crippen molar-refractivity contribution in [1.29, 1.82) is 0 Å². The van der Waals surface area contributed by atoms with Crippen LogP contribution in [0.4, 0.5) is 0 Å². The number of hydrogen-bond donors (Lipinski definition) is 10. The van der Waals surface area contributed by atoms with Gasteiger partial charge in [0.1, 0.15) is 24.2 Å². The number of rotatable bonds is 38. The van der Waals surface area contributed by atoms with Gasteiger partial charge in [-0.1, -0.05) is 77.0 Å². The van der Waals surface area contributed by atoms with Crippen molar-refractivity contribution in [3.8, 4) is 0 Å². The zero-order valence-corrected chi connectivity index (χ0v) is 34.8. The molecule has 10 N–H and O–H groups in total. The second-order valence-corrected chi connectivity index (χ2v) is 14.8. The molecule has 0 aliphatic rings. The first-order chi connectivity index (χ1) is 28.5. The summed E-state index contributed by atoms with van der Waals surface area (Å²) in [6, 6.07) is -6.00. The van der Waals surface area contributed by atoms with E-state index in [9.17, 15) is 68.4 Å². The average molecular weight is 858 g/mol. The van der Waals surface area contributed by atoms with Crippen LogP contribution in [0.25, 0.3) is 0 Å². The van der Waals surface area contributed by atoms with E-state index in [1.807, 2.05) is 0 Å².